The van der Waals surface area contributed by atoms with Crippen molar-refractivity contribution in [3.63, 3.8) is 0 Å². The Bertz CT molecular complexity index is 1690. The fourth-order valence-corrected chi connectivity index (χ4v) is 4.74. The molecular formula is C30H31FN6O2. The normalized spacial score (nSPS) is 12.3. The van der Waals surface area contributed by atoms with Gasteiger partial charge in [-0.2, -0.15) is 5.10 Å². The second-order valence-electron chi connectivity index (χ2n) is 10.0. The van der Waals surface area contributed by atoms with E-state index in [-0.39, 0.29) is 23.7 Å². The number of nitrogens with zero attached hydrogens (tertiary/aromatic N) is 3. The van der Waals surface area contributed by atoms with Crippen molar-refractivity contribution < 1.29 is 14.0 Å². The summed E-state index contributed by atoms with van der Waals surface area (Å²) >= 11 is 0. The molecule has 0 bridgehead atoms. The van der Waals surface area contributed by atoms with Gasteiger partial charge in [0.05, 0.1) is 17.1 Å². The van der Waals surface area contributed by atoms with Crippen molar-refractivity contribution in [3.05, 3.63) is 89.5 Å². The van der Waals surface area contributed by atoms with Gasteiger partial charge in [0, 0.05) is 42.6 Å². The van der Waals surface area contributed by atoms with Crippen LogP contribution in [0.1, 0.15) is 39.4 Å². The van der Waals surface area contributed by atoms with Crippen LogP contribution in [0.2, 0.25) is 0 Å². The van der Waals surface area contributed by atoms with Crippen molar-refractivity contribution in [2.24, 2.45) is 7.05 Å². The van der Waals surface area contributed by atoms with Crippen LogP contribution in [-0.4, -0.2) is 58.7 Å². The van der Waals surface area contributed by atoms with Crippen molar-refractivity contribution in [1.29, 1.82) is 0 Å². The summed E-state index contributed by atoms with van der Waals surface area (Å²) in [7, 11) is 5.80. The number of hydrogen-bond acceptors (Lipinski definition) is 4. The highest BCUT2D eigenvalue weighted by molar-refractivity contribution is 6.08. The van der Waals surface area contributed by atoms with Crippen LogP contribution in [0, 0.1) is 5.82 Å². The second-order valence-corrected chi connectivity index (χ2v) is 10.0. The number of benzene rings is 3. The minimum atomic E-state index is -0.358. The molecule has 200 valence electrons. The summed E-state index contributed by atoms with van der Waals surface area (Å²) in [6.45, 7) is 3.11. The molecule has 5 aromatic rings. The highest BCUT2D eigenvalue weighted by Crippen LogP contribution is 2.30. The number of rotatable bonds is 8. The van der Waals surface area contributed by atoms with E-state index in [4.69, 9.17) is 0 Å². The predicted molar refractivity (Wildman–Crippen MR) is 151 cm³/mol. The van der Waals surface area contributed by atoms with Crippen molar-refractivity contribution in [2.75, 3.05) is 27.2 Å². The number of aromatic nitrogens is 3. The van der Waals surface area contributed by atoms with E-state index in [0.717, 1.165) is 39.5 Å². The summed E-state index contributed by atoms with van der Waals surface area (Å²) in [4.78, 5) is 27.9. The number of aromatic amines is 1. The zero-order chi connectivity index (χ0) is 27.7. The summed E-state index contributed by atoms with van der Waals surface area (Å²) in [5.74, 6) is -0.789. The zero-order valence-electron chi connectivity index (χ0n) is 22.4. The Morgan fingerprint density at radius 2 is 1.79 bits per heavy atom. The quantitative estimate of drug-likeness (QED) is 0.275. The number of H-pyrrole nitrogens is 1. The van der Waals surface area contributed by atoms with Crippen molar-refractivity contribution in [1.82, 2.24) is 30.3 Å². The summed E-state index contributed by atoms with van der Waals surface area (Å²) in [6, 6.07) is 17.6. The molecule has 0 aliphatic carbocycles. The monoisotopic (exact) mass is 526 g/mol. The molecule has 0 aliphatic rings. The summed E-state index contributed by atoms with van der Waals surface area (Å²) in [5.41, 5.74) is 5.12. The molecule has 0 radical (unpaired) electrons. The van der Waals surface area contributed by atoms with Crippen molar-refractivity contribution in [2.45, 2.75) is 13.0 Å². The van der Waals surface area contributed by atoms with Gasteiger partial charge in [-0.05, 0) is 74.1 Å². The third kappa shape index (κ3) is 5.39. The molecule has 3 aromatic carbocycles. The number of likely N-dealkylation sites (N-methyl/N-ethyl adjacent to an activating group) is 1. The molecule has 0 fully saturated rings. The fourth-order valence-electron chi connectivity index (χ4n) is 4.74. The lowest BCUT2D eigenvalue weighted by molar-refractivity contribution is 0.0935. The van der Waals surface area contributed by atoms with Gasteiger partial charge in [-0.3, -0.25) is 14.7 Å². The molecule has 2 amide bonds. The maximum absolute atomic E-state index is 13.7. The minimum absolute atomic E-state index is 0.218. The summed E-state index contributed by atoms with van der Waals surface area (Å²) in [6.07, 6.45) is 1.81. The molecule has 0 spiro atoms. The number of carbonyl (C=O) groups excluding carboxylic acids is 2. The van der Waals surface area contributed by atoms with Crippen LogP contribution < -0.4 is 10.6 Å². The number of hydrogen-bond donors (Lipinski definition) is 3. The highest BCUT2D eigenvalue weighted by Gasteiger charge is 2.19. The van der Waals surface area contributed by atoms with Gasteiger partial charge < -0.3 is 20.1 Å². The molecule has 2 aromatic heterocycles. The Balaban J connectivity index is 1.41. The van der Waals surface area contributed by atoms with Crippen LogP contribution >= 0.6 is 0 Å². The zero-order valence-corrected chi connectivity index (χ0v) is 22.4. The number of amides is 2. The van der Waals surface area contributed by atoms with Gasteiger partial charge in [0.15, 0.2) is 5.69 Å². The first-order valence-corrected chi connectivity index (χ1v) is 12.8. The van der Waals surface area contributed by atoms with Gasteiger partial charge in [-0.15, -0.1) is 0 Å². The van der Waals surface area contributed by atoms with Crippen LogP contribution in [0.25, 0.3) is 32.9 Å². The number of nitrogens with one attached hydrogen (secondary N) is 3. The molecule has 39 heavy (non-hydrogen) atoms. The Labute approximate surface area is 225 Å². The maximum atomic E-state index is 13.7. The topological polar surface area (TPSA) is 95.1 Å². The molecule has 0 saturated heterocycles. The molecule has 8 nitrogen and oxygen atoms in total. The van der Waals surface area contributed by atoms with Crippen LogP contribution in [0.4, 0.5) is 4.39 Å². The third-order valence-corrected chi connectivity index (χ3v) is 6.89. The van der Waals surface area contributed by atoms with Crippen LogP contribution in [0.5, 0.6) is 0 Å². The minimum Gasteiger partial charge on any atom is -0.350 e. The predicted octanol–water partition coefficient (Wildman–Crippen LogP) is 4.64. The first kappa shape index (κ1) is 26.1. The largest absolute Gasteiger partial charge is 0.350 e. The van der Waals surface area contributed by atoms with Gasteiger partial charge in [-0.25, -0.2) is 4.39 Å². The Morgan fingerprint density at radius 1 is 1.03 bits per heavy atom. The van der Waals surface area contributed by atoms with E-state index in [2.05, 4.69) is 20.8 Å². The Hall–Kier alpha value is -4.50. The fraction of sp³-hybridized carbons (Fsp3) is 0.233. The SMILES string of the molecule is C[C@H](NC(=O)c1cn(C)c2ccc(-c3ccc4c(C(=O)NCCN(C)C)n[nH]c4c3)cc12)c1cccc(F)c1. The lowest BCUT2D eigenvalue weighted by Crippen LogP contribution is -2.31. The Morgan fingerprint density at radius 3 is 2.56 bits per heavy atom. The van der Waals surface area contributed by atoms with E-state index >= 15 is 0 Å². The van der Waals surface area contributed by atoms with Gasteiger partial charge in [0.25, 0.3) is 11.8 Å². The molecule has 0 aliphatic heterocycles. The lowest BCUT2D eigenvalue weighted by atomic mass is 10.0. The summed E-state index contributed by atoms with van der Waals surface area (Å²) in [5, 5.41) is 14.7. The van der Waals surface area contributed by atoms with E-state index in [1.54, 1.807) is 18.3 Å². The molecule has 3 N–H and O–H groups in total. The van der Waals surface area contributed by atoms with Crippen LogP contribution in [0.15, 0.2) is 66.9 Å². The first-order valence-electron chi connectivity index (χ1n) is 12.8. The molecule has 0 saturated carbocycles. The van der Waals surface area contributed by atoms with Crippen molar-refractivity contribution >= 4 is 33.6 Å². The van der Waals surface area contributed by atoms with E-state index in [0.29, 0.717) is 23.4 Å². The lowest BCUT2D eigenvalue weighted by Gasteiger charge is -2.14. The van der Waals surface area contributed by atoms with Gasteiger partial charge in [0.1, 0.15) is 5.82 Å². The molecule has 1 atom stereocenters. The van der Waals surface area contributed by atoms with E-state index in [1.807, 2.05) is 73.9 Å². The third-order valence-electron chi connectivity index (χ3n) is 6.89. The number of aryl methyl sites for hydroxylation is 1. The number of fused-ring (bicyclic) bond motifs is 2. The van der Waals surface area contributed by atoms with Gasteiger partial charge >= 0.3 is 0 Å². The van der Waals surface area contributed by atoms with E-state index in [1.165, 1.54) is 12.1 Å². The average molecular weight is 527 g/mol. The second kappa shape index (κ2) is 10.7. The molecule has 2 heterocycles. The first-order chi connectivity index (χ1) is 18.7. The standard InChI is InChI=1S/C30H31FN6O2/c1-18(19-6-5-7-22(31)14-19)33-29(38)25-17-37(4)27-11-9-20(15-24(25)27)21-8-10-23-26(16-21)34-35-28(23)30(39)32-12-13-36(2)3/h5-11,14-18H,12-13H2,1-4H3,(H,32,39)(H,33,38)(H,34,35)/t18-/m0/s1. The smallest absolute Gasteiger partial charge is 0.272 e. The summed E-state index contributed by atoms with van der Waals surface area (Å²) < 4.78 is 15.6. The van der Waals surface area contributed by atoms with Crippen LogP contribution in [0.3, 0.4) is 0 Å². The maximum Gasteiger partial charge on any atom is 0.272 e. The van der Waals surface area contributed by atoms with Gasteiger partial charge in [-0.1, -0.05) is 24.3 Å². The van der Waals surface area contributed by atoms with Gasteiger partial charge in [0.2, 0.25) is 0 Å². The highest BCUT2D eigenvalue weighted by atomic mass is 19.1. The van der Waals surface area contributed by atoms with Crippen molar-refractivity contribution in [3.8, 4) is 11.1 Å². The Kier molecular flexibility index (Phi) is 7.17. The number of halogens is 1. The number of carbonyl (C=O) groups is 2. The molecule has 5 rings (SSSR count). The molecule has 0 unspecified atom stereocenters. The van der Waals surface area contributed by atoms with Crippen LogP contribution in [-0.2, 0) is 7.05 Å². The molecule has 9 heteroatoms. The van der Waals surface area contributed by atoms with E-state index in [9.17, 15) is 14.0 Å². The molecular weight excluding hydrogens is 495 g/mol. The average Bonchev–Trinajstić information content (AvgIpc) is 3.48. The van der Waals surface area contributed by atoms with E-state index < -0.39 is 0 Å².